The maximum absolute atomic E-state index is 5.36. The number of rotatable bonds is 9. The molecule has 0 aliphatic heterocycles. The first kappa shape index (κ1) is 20.1. The van der Waals surface area contributed by atoms with Crippen molar-refractivity contribution in [2.45, 2.75) is 26.2 Å². The van der Waals surface area contributed by atoms with Gasteiger partial charge in [0.25, 0.3) is 0 Å². The van der Waals surface area contributed by atoms with Crippen molar-refractivity contribution < 1.29 is 9.47 Å². The Morgan fingerprint density at radius 1 is 1.15 bits per heavy atom. The van der Waals surface area contributed by atoms with Gasteiger partial charge in [0.2, 0.25) is 0 Å². The predicted octanol–water partition coefficient (Wildman–Crippen LogP) is 3.67. The maximum Gasteiger partial charge on any atom is 0.191 e. The van der Waals surface area contributed by atoms with Gasteiger partial charge in [-0.25, -0.2) is 0 Å². The molecule has 1 heterocycles. The Kier molecular flexibility index (Phi) is 8.28. The van der Waals surface area contributed by atoms with Crippen LogP contribution in [0.1, 0.15) is 30.2 Å². The second-order valence-electron chi connectivity index (χ2n) is 6.00. The van der Waals surface area contributed by atoms with Crippen LogP contribution in [0.3, 0.4) is 0 Å². The molecule has 26 heavy (non-hydrogen) atoms. The highest BCUT2D eigenvalue weighted by Crippen LogP contribution is 2.27. The number of hydrogen-bond donors (Lipinski definition) is 2. The average molecular weight is 376 g/mol. The molecule has 2 aromatic rings. The summed E-state index contributed by atoms with van der Waals surface area (Å²) < 4.78 is 10.6. The molecule has 1 unspecified atom stereocenters. The molecule has 6 heteroatoms. The van der Waals surface area contributed by atoms with Gasteiger partial charge < -0.3 is 20.1 Å². The van der Waals surface area contributed by atoms with E-state index in [-0.39, 0.29) is 0 Å². The predicted molar refractivity (Wildman–Crippen MR) is 110 cm³/mol. The lowest BCUT2D eigenvalue weighted by Gasteiger charge is -2.14. The second-order valence-corrected chi connectivity index (χ2v) is 6.98. The number of ether oxygens (including phenoxy) is 2. The van der Waals surface area contributed by atoms with E-state index in [1.54, 1.807) is 25.6 Å². The quantitative estimate of drug-likeness (QED) is 0.519. The van der Waals surface area contributed by atoms with Crippen molar-refractivity contribution in [1.29, 1.82) is 0 Å². The van der Waals surface area contributed by atoms with E-state index in [0.29, 0.717) is 5.92 Å². The zero-order valence-corrected chi connectivity index (χ0v) is 16.9. The van der Waals surface area contributed by atoms with Gasteiger partial charge in [0.05, 0.1) is 20.8 Å². The van der Waals surface area contributed by atoms with E-state index < -0.39 is 0 Å². The summed E-state index contributed by atoms with van der Waals surface area (Å²) in [5, 5.41) is 8.83. The summed E-state index contributed by atoms with van der Waals surface area (Å²) in [6, 6.07) is 10.3. The molecular weight excluding hydrogens is 346 g/mol. The zero-order valence-electron chi connectivity index (χ0n) is 16.0. The Balaban J connectivity index is 1.88. The molecule has 5 nitrogen and oxygen atoms in total. The van der Waals surface area contributed by atoms with E-state index in [9.17, 15) is 0 Å². The molecule has 0 bridgehead atoms. The normalized spacial score (nSPS) is 12.5. The molecule has 2 N–H and O–H groups in total. The molecule has 0 spiro atoms. The van der Waals surface area contributed by atoms with Gasteiger partial charge in [-0.2, -0.15) is 0 Å². The molecule has 0 aliphatic rings. The van der Waals surface area contributed by atoms with Crippen LogP contribution in [0.2, 0.25) is 0 Å². The first-order valence-corrected chi connectivity index (χ1v) is 9.82. The van der Waals surface area contributed by atoms with Crippen LogP contribution < -0.4 is 20.1 Å². The van der Waals surface area contributed by atoms with Crippen LogP contribution in [0.15, 0.2) is 40.7 Å². The molecule has 1 aromatic carbocycles. The molecule has 0 aliphatic carbocycles. The van der Waals surface area contributed by atoms with Crippen LogP contribution in [0, 0.1) is 0 Å². The highest BCUT2D eigenvalue weighted by molar-refractivity contribution is 7.10. The molecule has 142 valence electrons. The van der Waals surface area contributed by atoms with Gasteiger partial charge >= 0.3 is 0 Å². The Morgan fingerprint density at radius 3 is 2.62 bits per heavy atom. The minimum Gasteiger partial charge on any atom is -0.493 e. The van der Waals surface area contributed by atoms with Crippen LogP contribution in [0.25, 0.3) is 0 Å². The van der Waals surface area contributed by atoms with Gasteiger partial charge in [-0.05, 0) is 42.5 Å². The van der Waals surface area contributed by atoms with Crippen LogP contribution in [0.5, 0.6) is 11.5 Å². The van der Waals surface area contributed by atoms with E-state index >= 15 is 0 Å². The van der Waals surface area contributed by atoms with Crippen molar-refractivity contribution in [3.63, 3.8) is 0 Å². The molecular formula is C20H29N3O2S. The molecule has 0 radical (unpaired) electrons. The van der Waals surface area contributed by atoms with E-state index in [1.807, 2.05) is 12.1 Å². The average Bonchev–Trinajstić information content (AvgIpc) is 3.20. The topological polar surface area (TPSA) is 54.9 Å². The standard InChI is InChI=1S/C20H29N3O2S/c1-5-21-20(23-14-15(2)19-7-6-12-26-19)22-11-10-16-8-9-17(24-3)18(13-16)25-4/h6-9,12-13,15H,5,10-11,14H2,1-4H3,(H2,21,22,23). The summed E-state index contributed by atoms with van der Waals surface area (Å²) in [6.07, 6.45) is 0.880. The molecule has 0 saturated carbocycles. The molecule has 2 rings (SSSR count). The zero-order chi connectivity index (χ0) is 18.8. The Bertz CT molecular complexity index is 686. The smallest absolute Gasteiger partial charge is 0.191 e. The van der Waals surface area contributed by atoms with Crippen LogP contribution in [-0.4, -0.2) is 39.8 Å². The third-order valence-corrected chi connectivity index (χ3v) is 5.15. The number of nitrogens with one attached hydrogen (secondary N) is 2. The Morgan fingerprint density at radius 2 is 1.96 bits per heavy atom. The maximum atomic E-state index is 5.36. The number of hydrogen-bond acceptors (Lipinski definition) is 4. The number of thiophene rings is 1. The van der Waals surface area contributed by atoms with E-state index in [4.69, 9.17) is 14.5 Å². The highest BCUT2D eigenvalue weighted by Gasteiger charge is 2.07. The third kappa shape index (κ3) is 5.95. The largest absolute Gasteiger partial charge is 0.493 e. The van der Waals surface area contributed by atoms with E-state index in [1.165, 1.54) is 10.4 Å². The summed E-state index contributed by atoms with van der Waals surface area (Å²) >= 11 is 1.79. The Hall–Kier alpha value is -2.21. The van der Waals surface area contributed by atoms with Gasteiger partial charge in [-0.15, -0.1) is 11.3 Å². The van der Waals surface area contributed by atoms with Crippen LogP contribution >= 0.6 is 11.3 Å². The molecule has 1 aromatic heterocycles. The summed E-state index contributed by atoms with van der Waals surface area (Å²) in [6.45, 7) is 6.70. The van der Waals surface area contributed by atoms with Crippen molar-refractivity contribution in [3.8, 4) is 11.5 Å². The fraction of sp³-hybridized carbons (Fsp3) is 0.450. The number of methoxy groups -OCH3 is 2. The molecule has 1 atom stereocenters. The lowest BCUT2D eigenvalue weighted by atomic mass is 10.1. The van der Waals surface area contributed by atoms with Gasteiger partial charge in [-0.3, -0.25) is 4.99 Å². The fourth-order valence-electron chi connectivity index (χ4n) is 2.59. The summed E-state index contributed by atoms with van der Waals surface area (Å²) in [5.41, 5.74) is 1.19. The molecule has 0 saturated heterocycles. The third-order valence-electron chi connectivity index (χ3n) is 4.05. The van der Waals surface area contributed by atoms with E-state index in [2.05, 4.69) is 48.1 Å². The first-order chi connectivity index (χ1) is 12.7. The van der Waals surface area contributed by atoms with Crippen molar-refractivity contribution in [2.24, 2.45) is 4.99 Å². The van der Waals surface area contributed by atoms with Crippen molar-refractivity contribution in [2.75, 3.05) is 33.9 Å². The Labute approximate surface area is 160 Å². The van der Waals surface area contributed by atoms with Crippen molar-refractivity contribution in [1.82, 2.24) is 10.6 Å². The van der Waals surface area contributed by atoms with Crippen molar-refractivity contribution in [3.05, 3.63) is 46.2 Å². The summed E-state index contributed by atoms with van der Waals surface area (Å²) in [7, 11) is 3.31. The lowest BCUT2D eigenvalue weighted by Crippen LogP contribution is -2.38. The minimum atomic E-state index is 0.427. The summed E-state index contributed by atoms with van der Waals surface area (Å²) in [4.78, 5) is 6.09. The SMILES string of the molecule is CCNC(=NCC(C)c1cccs1)NCCc1ccc(OC)c(OC)c1. The lowest BCUT2D eigenvalue weighted by molar-refractivity contribution is 0.354. The van der Waals surface area contributed by atoms with Gasteiger partial charge in [0, 0.05) is 23.9 Å². The first-order valence-electron chi connectivity index (χ1n) is 8.94. The monoisotopic (exact) mass is 375 g/mol. The number of guanidine groups is 1. The van der Waals surface area contributed by atoms with Crippen molar-refractivity contribution >= 4 is 17.3 Å². The van der Waals surface area contributed by atoms with E-state index in [0.717, 1.165) is 43.5 Å². The summed E-state index contributed by atoms with van der Waals surface area (Å²) in [5.74, 6) is 2.80. The number of benzene rings is 1. The second kappa shape index (κ2) is 10.7. The number of aliphatic imine (C=N–C) groups is 1. The molecule has 0 amide bonds. The van der Waals surface area contributed by atoms with Crippen LogP contribution in [-0.2, 0) is 6.42 Å². The number of nitrogens with zero attached hydrogens (tertiary/aromatic N) is 1. The van der Waals surface area contributed by atoms with Gasteiger partial charge in [0.15, 0.2) is 17.5 Å². The fourth-order valence-corrected chi connectivity index (χ4v) is 3.37. The molecule has 0 fully saturated rings. The van der Waals surface area contributed by atoms with Gasteiger partial charge in [0.1, 0.15) is 0 Å². The highest BCUT2D eigenvalue weighted by atomic mass is 32.1. The minimum absolute atomic E-state index is 0.427. The van der Waals surface area contributed by atoms with Crippen LogP contribution in [0.4, 0.5) is 0 Å². The van der Waals surface area contributed by atoms with Gasteiger partial charge in [-0.1, -0.05) is 19.1 Å².